The molecule has 221 valence electrons. The molecule has 2 aromatic heterocycles. The van der Waals surface area contributed by atoms with Crippen molar-refractivity contribution in [1.29, 1.82) is 5.53 Å². The average molecular weight is 621 g/mol. The van der Waals surface area contributed by atoms with Gasteiger partial charge in [0.05, 0.1) is 11.1 Å². The molecule has 0 unspecified atom stereocenters. The Hall–Kier alpha value is -4.55. The Kier molecular flexibility index (Phi) is 11.2. The van der Waals surface area contributed by atoms with Gasteiger partial charge in [0.25, 0.3) is 0 Å². The molecule has 1 aliphatic rings. The van der Waals surface area contributed by atoms with Crippen molar-refractivity contribution in [2.45, 2.75) is 26.3 Å². The molecule has 0 atom stereocenters. The third-order valence-electron chi connectivity index (χ3n) is 6.51. The van der Waals surface area contributed by atoms with Crippen molar-refractivity contribution in [2.24, 2.45) is 5.11 Å². The van der Waals surface area contributed by atoms with Gasteiger partial charge in [-0.15, -0.1) is 36.9 Å². The van der Waals surface area contributed by atoms with Crippen molar-refractivity contribution < 1.29 is 32.5 Å². The molecular weight excluding hydrogens is 588 g/mol. The maximum absolute atomic E-state index is 15.1. The molecule has 0 spiro atoms. The first kappa shape index (κ1) is 33.0. The molecule has 0 aliphatic carbocycles. The molecular formula is C30H32FN9O2V. The summed E-state index contributed by atoms with van der Waals surface area (Å²) in [6.45, 7) is 11.1. The number of halogens is 1. The van der Waals surface area contributed by atoms with Crippen molar-refractivity contribution in [3.63, 3.8) is 0 Å². The standard InChI is InChI=1S/C27H26FN9O2.C3H6.V/c1-27(2)14-36(10-11-37(27)16-38)24-9-8-22-25(34-24)26(32-15-31-22)33-20-6-4-17(12-19(20)28)39-18-5-7-21(30-3)23(13-18)35-29;1-3-2;/h4-9,15-16,29-30H,10-11,14H2,1-3H3,(H,31,32,33);3H,1H2,2H3;/q-2;;+2. The number of fused-ring (bicyclic) bond motifs is 1. The van der Waals surface area contributed by atoms with E-state index in [1.807, 2.05) is 32.9 Å². The molecule has 3 N–H and O–H groups in total. The van der Waals surface area contributed by atoms with Gasteiger partial charge in [-0.3, -0.25) is 4.79 Å². The van der Waals surface area contributed by atoms with E-state index in [2.05, 4.69) is 49.3 Å². The predicted octanol–water partition coefficient (Wildman–Crippen LogP) is 6.25. The maximum Gasteiger partial charge on any atom is 2.00 e. The van der Waals surface area contributed by atoms with E-state index in [9.17, 15) is 4.79 Å². The van der Waals surface area contributed by atoms with Gasteiger partial charge in [-0.05, 0) is 57.0 Å². The topological polar surface area (TPSA) is 132 Å². The average Bonchev–Trinajstić information content (AvgIpc) is 2.98. The molecule has 0 saturated carbocycles. The molecule has 1 saturated heterocycles. The van der Waals surface area contributed by atoms with Crippen molar-refractivity contribution in [3.8, 4) is 11.5 Å². The minimum absolute atomic E-state index is 0. The number of amides is 1. The van der Waals surface area contributed by atoms with Crippen LogP contribution in [0, 0.1) is 23.5 Å². The number of benzene rings is 2. The monoisotopic (exact) mass is 620 g/mol. The van der Waals surface area contributed by atoms with E-state index < -0.39 is 5.82 Å². The normalized spacial score (nSPS) is 13.6. The number of nitrogens with zero attached hydrogens (tertiary/aromatic N) is 6. The quantitative estimate of drug-likeness (QED) is 0.0912. The van der Waals surface area contributed by atoms with E-state index in [4.69, 9.17) is 15.3 Å². The predicted molar refractivity (Wildman–Crippen MR) is 160 cm³/mol. The first-order chi connectivity index (χ1) is 20.2. The second kappa shape index (κ2) is 14.6. The molecule has 11 nitrogen and oxygen atoms in total. The molecule has 2 aromatic carbocycles. The van der Waals surface area contributed by atoms with E-state index in [0.717, 1.165) is 6.41 Å². The molecule has 1 radical (unpaired) electrons. The number of ether oxygens (including phenoxy) is 1. The number of carbonyl (C=O) groups excluding carboxylic acids is 1. The fourth-order valence-electron chi connectivity index (χ4n) is 4.42. The first-order valence-corrected chi connectivity index (χ1v) is 13.2. The number of anilines is 4. The zero-order valence-electron chi connectivity index (χ0n) is 24.3. The minimum Gasteiger partial charge on any atom is -0.509 e. The molecule has 5 rings (SSSR count). The summed E-state index contributed by atoms with van der Waals surface area (Å²) in [6.07, 6.45) is 4.02. The van der Waals surface area contributed by atoms with E-state index in [1.165, 1.54) is 12.4 Å². The Morgan fingerprint density at radius 3 is 2.44 bits per heavy atom. The molecule has 0 bridgehead atoms. The van der Waals surface area contributed by atoms with Gasteiger partial charge < -0.3 is 25.2 Å². The van der Waals surface area contributed by atoms with Crippen LogP contribution in [0.25, 0.3) is 11.0 Å². The van der Waals surface area contributed by atoms with Gasteiger partial charge >= 0.3 is 18.6 Å². The van der Waals surface area contributed by atoms with Crippen molar-refractivity contribution in [2.75, 3.05) is 42.2 Å². The third kappa shape index (κ3) is 7.65. The minimum atomic E-state index is -0.681. The van der Waals surface area contributed by atoms with Crippen molar-refractivity contribution in [1.82, 2.24) is 19.9 Å². The summed E-state index contributed by atoms with van der Waals surface area (Å²) in [7, 11) is 1.71. The summed E-state index contributed by atoms with van der Waals surface area (Å²) in [5.41, 5.74) is 9.04. The summed E-state index contributed by atoms with van der Waals surface area (Å²) in [4.78, 5) is 28.7. The Balaban J connectivity index is 0.00000121. The summed E-state index contributed by atoms with van der Waals surface area (Å²) in [5, 5.41) is 9.33. The number of hydrogen-bond acceptors (Lipinski definition) is 10. The van der Waals surface area contributed by atoms with Gasteiger partial charge in [-0.1, -0.05) is 12.1 Å². The summed E-state index contributed by atoms with van der Waals surface area (Å²) in [6, 6.07) is 15.5. The molecule has 1 aliphatic heterocycles. The van der Waals surface area contributed by atoms with Crippen LogP contribution < -0.4 is 20.3 Å². The van der Waals surface area contributed by atoms with Crippen molar-refractivity contribution >= 4 is 46.1 Å². The van der Waals surface area contributed by atoms with Crippen LogP contribution in [0.15, 0.2) is 60.5 Å². The fourth-order valence-corrected chi connectivity index (χ4v) is 4.42. The van der Waals surface area contributed by atoms with Gasteiger partial charge in [0.1, 0.15) is 23.5 Å². The number of piperazine rings is 1. The molecule has 43 heavy (non-hydrogen) atoms. The third-order valence-corrected chi connectivity index (χ3v) is 6.51. The van der Waals surface area contributed by atoms with E-state index >= 15 is 4.39 Å². The van der Waals surface area contributed by atoms with Crippen LogP contribution in [0.4, 0.5) is 33.1 Å². The number of carbonyl (C=O) groups is 1. The fraction of sp³-hybridized carbons (Fsp3) is 0.267. The van der Waals surface area contributed by atoms with Crippen LogP contribution in [0.5, 0.6) is 11.5 Å². The largest absolute Gasteiger partial charge is 2.00 e. The first-order valence-electron chi connectivity index (χ1n) is 13.2. The number of hydrogen-bond donors (Lipinski definition) is 3. The van der Waals surface area contributed by atoms with E-state index in [1.54, 1.807) is 36.2 Å². The molecule has 13 heteroatoms. The maximum atomic E-state index is 15.1. The second-order valence-corrected chi connectivity index (χ2v) is 9.92. The van der Waals surface area contributed by atoms with Gasteiger partial charge in [-0.25, -0.2) is 24.9 Å². The SMILES string of the molecule is C=CC.CNc1ccc(Oc2[c-]c(F)c(Nc3ncnc4ccc(N5CCN(C=O)C(C)(C)C5)nc34)cc2)[c-]c1N=N.[V+2]. The van der Waals surface area contributed by atoms with Gasteiger partial charge in [0.15, 0.2) is 0 Å². The van der Waals surface area contributed by atoms with Gasteiger partial charge in [-0.2, -0.15) is 5.11 Å². The zero-order valence-corrected chi connectivity index (χ0v) is 25.7. The van der Waals surface area contributed by atoms with Crippen LogP contribution in [-0.2, 0) is 23.4 Å². The van der Waals surface area contributed by atoms with E-state index in [0.29, 0.717) is 48.0 Å². The summed E-state index contributed by atoms with van der Waals surface area (Å²) < 4.78 is 20.7. The second-order valence-electron chi connectivity index (χ2n) is 9.92. The number of aromatic nitrogens is 3. The summed E-state index contributed by atoms with van der Waals surface area (Å²) in [5.74, 6) is 0.777. The van der Waals surface area contributed by atoms with E-state index in [-0.39, 0.29) is 47.0 Å². The zero-order chi connectivity index (χ0) is 30.3. The smallest absolute Gasteiger partial charge is 0.509 e. The van der Waals surface area contributed by atoms with Gasteiger partial charge in [0.2, 0.25) is 6.41 Å². The number of nitrogens with one attached hydrogen (secondary N) is 3. The Morgan fingerprint density at radius 1 is 1.12 bits per heavy atom. The number of allylic oxidation sites excluding steroid dienone is 1. The molecule has 1 amide bonds. The summed E-state index contributed by atoms with van der Waals surface area (Å²) >= 11 is 0. The van der Waals surface area contributed by atoms with Crippen molar-refractivity contribution in [3.05, 3.63) is 73.3 Å². The van der Waals surface area contributed by atoms with Crippen LogP contribution in [0.1, 0.15) is 20.8 Å². The van der Waals surface area contributed by atoms with Crippen LogP contribution >= 0.6 is 0 Å². The van der Waals surface area contributed by atoms with Crippen LogP contribution in [-0.4, -0.2) is 58.5 Å². The van der Waals surface area contributed by atoms with Gasteiger partial charge in [0, 0.05) is 37.0 Å². The Labute approximate surface area is 262 Å². The Bertz CT molecular complexity index is 1600. The number of rotatable bonds is 8. The molecule has 4 aromatic rings. The molecule has 1 fully saturated rings. The Morgan fingerprint density at radius 2 is 1.81 bits per heavy atom. The number of pyridine rings is 1. The molecule has 3 heterocycles. The van der Waals surface area contributed by atoms with Crippen LogP contribution in [0.3, 0.4) is 0 Å². The van der Waals surface area contributed by atoms with Crippen LogP contribution in [0.2, 0.25) is 0 Å².